The smallest absolute Gasteiger partial charge is 0.0370 e. The van der Waals surface area contributed by atoms with Crippen LogP contribution in [-0.4, -0.2) is 50.2 Å². The number of hydrogen-bond donors (Lipinski definition) is 1. The zero-order chi connectivity index (χ0) is 13.2. The molecule has 0 saturated carbocycles. The lowest BCUT2D eigenvalue weighted by Crippen LogP contribution is -2.57. The van der Waals surface area contributed by atoms with E-state index < -0.39 is 0 Å². The first kappa shape index (κ1) is 13.4. The van der Waals surface area contributed by atoms with Gasteiger partial charge in [0.15, 0.2) is 0 Å². The van der Waals surface area contributed by atoms with Crippen LogP contribution in [0.3, 0.4) is 0 Å². The topological polar surface area (TPSA) is 18.5 Å². The molecule has 0 aromatic heterocycles. The Morgan fingerprint density at radius 1 is 1.16 bits per heavy atom. The van der Waals surface area contributed by atoms with Crippen LogP contribution < -0.4 is 10.2 Å². The molecule has 1 aromatic carbocycles. The summed E-state index contributed by atoms with van der Waals surface area (Å²) in [5.74, 6) is 0. The zero-order valence-electron chi connectivity index (χ0n) is 11.5. The highest BCUT2D eigenvalue weighted by Crippen LogP contribution is 2.24. The molecule has 1 aromatic rings. The van der Waals surface area contributed by atoms with Crippen molar-refractivity contribution in [2.45, 2.75) is 19.4 Å². The van der Waals surface area contributed by atoms with E-state index in [1.165, 1.54) is 54.9 Å². The highest BCUT2D eigenvalue weighted by atomic mass is 79.9. The van der Waals surface area contributed by atoms with Crippen molar-refractivity contribution in [2.75, 3.05) is 44.2 Å². The van der Waals surface area contributed by atoms with Crippen LogP contribution >= 0.6 is 15.9 Å². The summed E-state index contributed by atoms with van der Waals surface area (Å²) >= 11 is 3.58. The maximum Gasteiger partial charge on any atom is 0.0370 e. The Bertz CT molecular complexity index is 445. The summed E-state index contributed by atoms with van der Waals surface area (Å²) in [6.45, 7) is 9.29. The van der Waals surface area contributed by atoms with E-state index in [4.69, 9.17) is 0 Å². The van der Waals surface area contributed by atoms with Crippen LogP contribution in [0.2, 0.25) is 0 Å². The Kier molecular flexibility index (Phi) is 4.10. The minimum absolute atomic E-state index is 0.784. The van der Waals surface area contributed by atoms with Gasteiger partial charge in [0.05, 0.1) is 0 Å². The second-order valence-electron chi connectivity index (χ2n) is 5.62. The molecule has 3 nitrogen and oxygen atoms in total. The molecule has 1 N–H and O–H groups in total. The molecule has 0 bridgehead atoms. The van der Waals surface area contributed by atoms with Crippen LogP contribution in [0, 0.1) is 6.92 Å². The van der Waals surface area contributed by atoms with Gasteiger partial charge in [-0.25, -0.2) is 0 Å². The Labute approximate surface area is 124 Å². The van der Waals surface area contributed by atoms with Crippen molar-refractivity contribution < 1.29 is 0 Å². The quantitative estimate of drug-likeness (QED) is 0.900. The van der Waals surface area contributed by atoms with Gasteiger partial charge in [0.1, 0.15) is 0 Å². The first-order valence-corrected chi connectivity index (χ1v) is 7.99. The van der Waals surface area contributed by atoms with Crippen molar-refractivity contribution in [1.29, 1.82) is 0 Å². The molecule has 0 radical (unpaired) electrons. The summed E-state index contributed by atoms with van der Waals surface area (Å²) in [5.41, 5.74) is 2.69. The van der Waals surface area contributed by atoms with Gasteiger partial charge in [-0.05, 0) is 37.1 Å². The number of anilines is 1. The molecule has 0 atom stereocenters. The van der Waals surface area contributed by atoms with Crippen LogP contribution in [0.15, 0.2) is 22.7 Å². The summed E-state index contributed by atoms with van der Waals surface area (Å²) in [7, 11) is 0. The number of halogens is 1. The van der Waals surface area contributed by atoms with Crippen molar-refractivity contribution in [3.8, 4) is 0 Å². The minimum atomic E-state index is 0.784. The average Bonchev–Trinajstić information content (AvgIpc) is 2.57. The third-order valence-corrected chi connectivity index (χ3v) is 5.20. The maximum absolute atomic E-state index is 3.58. The standard InChI is InChI=1S/C15H22BrN3/c1-12-9-13(3-4-15(12)16)18-5-2-6-19(8-7-18)14-10-17-11-14/h3-4,9,14,17H,2,5-8,10-11H2,1H3. The predicted molar refractivity (Wildman–Crippen MR) is 83.9 cm³/mol. The van der Waals surface area contributed by atoms with E-state index in [9.17, 15) is 0 Å². The highest BCUT2D eigenvalue weighted by Gasteiger charge is 2.26. The summed E-state index contributed by atoms with van der Waals surface area (Å²) in [5, 5.41) is 3.38. The minimum Gasteiger partial charge on any atom is -0.370 e. The fraction of sp³-hybridized carbons (Fsp3) is 0.600. The summed E-state index contributed by atoms with van der Waals surface area (Å²) in [6.07, 6.45) is 1.27. The second-order valence-corrected chi connectivity index (χ2v) is 6.48. The number of rotatable bonds is 2. The molecule has 2 aliphatic rings. The monoisotopic (exact) mass is 323 g/mol. The number of benzene rings is 1. The van der Waals surface area contributed by atoms with Gasteiger partial charge < -0.3 is 10.2 Å². The third kappa shape index (κ3) is 2.96. The SMILES string of the molecule is Cc1cc(N2CCCN(C3CNC3)CC2)ccc1Br. The van der Waals surface area contributed by atoms with Gasteiger partial charge in [-0.1, -0.05) is 15.9 Å². The molecule has 0 aliphatic carbocycles. The molecule has 3 rings (SSSR count). The van der Waals surface area contributed by atoms with Crippen LogP contribution in [-0.2, 0) is 0 Å². The second kappa shape index (κ2) is 5.81. The Morgan fingerprint density at radius 3 is 2.68 bits per heavy atom. The normalized spacial score (nSPS) is 22.1. The van der Waals surface area contributed by atoms with Crippen LogP contribution in [0.25, 0.3) is 0 Å². The fourth-order valence-electron chi connectivity index (χ4n) is 2.92. The van der Waals surface area contributed by atoms with Crippen LogP contribution in [0.4, 0.5) is 5.69 Å². The lowest BCUT2D eigenvalue weighted by atomic mass is 10.1. The van der Waals surface area contributed by atoms with E-state index in [1.54, 1.807) is 0 Å². The van der Waals surface area contributed by atoms with Crippen molar-refractivity contribution >= 4 is 21.6 Å². The molecule has 104 valence electrons. The molecule has 2 saturated heterocycles. The molecule has 0 spiro atoms. The van der Waals surface area contributed by atoms with Crippen LogP contribution in [0.5, 0.6) is 0 Å². The number of hydrogen-bond acceptors (Lipinski definition) is 3. The first-order valence-electron chi connectivity index (χ1n) is 7.20. The van der Waals surface area contributed by atoms with Gasteiger partial charge >= 0.3 is 0 Å². The van der Waals surface area contributed by atoms with E-state index in [0.29, 0.717) is 0 Å². The maximum atomic E-state index is 3.58. The molecule has 2 heterocycles. The molecule has 2 aliphatic heterocycles. The van der Waals surface area contributed by atoms with E-state index >= 15 is 0 Å². The lowest BCUT2D eigenvalue weighted by molar-refractivity contribution is 0.155. The zero-order valence-corrected chi connectivity index (χ0v) is 13.1. The Balaban J connectivity index is 1.66. The molecule has 4 heteroatoms. The molecule has 19 heavy (non-hydrogen) atoms. The fourth-order valence-corrected chi connectivity index (χ4v) is 3.16. The van der Waals surface area contributed by atoms with Gasteiger partial charge in [0.25, 0.3) is 0 Å². The van der Waals surface area contributed by atoms with Crippen LogP contribution in [0.1, 0.15) is 12.0 Å². The summed E-state index contributed by atoms with van der Waals surface area (Å²) in [4.78, 5) is 5.19. The van der Waals surface area contributed by atoms with Crippen molar-refractivity contribution in [3.05, 3.63) is 28.2 Å². The molecule has 0 unspecified atom stereocenters. The van der Waals surface area contributed by atoms with Gasteiger partial charge in [0, 0.05) is 55.5 Å². The van der Waals surface area contributed by atoms with E-state index in [1.807, 2.05) is 0 Å². The summed E-state index contributed by atoms with van der Waals surface area (Å²) < 4.78 is 1.20. The molecular formula is C15H22BrN3. The van der Waals surface area contributed by atoms with E-state index in [0.717, 1.165) is 12.6 Å². The van der Waals surface area contributed by atoms with Gasteiger partial charge in [-0.15, -0.1) is 0 Å². The number of nitrogens with one attached hydrogen (secondary N) is 1. The molecular weight excluding hydrogens is 302 g/mol. The Hall–Kier alpha value is -0.580. The highest BCUT2D eigenvalue weighted by molar-refractivity contribution is 9.10. The van der Waals surface area contributed by atoms with Crippen molar-refractivity contribution in [3.63, 3.8) is 0 Å². The summed E-state index contributed by atoms with van der Waals surface area (Å²) in [6, 6.07) is 7.48. The predicted octanol–water partition coefficient (Wildman–Crippen LogP) is 2.24. The van der Waals surface area contributed by atoms with Crippen molar-refractivity contribution in [2.24, 2.45) is 0 Å². The molecule has 2 fully saturated rings. The van der Waals surface area contributed by atoms with E-state index in [2.05, 4.69) is 56.2 Å². The molecule has 0 amide bonds. The third-order valence-electron chi connectivity index (χ3n) is 4.31. The van der Waals surface area contributed by atoms with Gasteiger partial charge in [-0.2, -0.15) is 0 Å². The van der Waals surface area contributed by atoms with Crippen molar-refractivity contribution in [1.82, 2.24) is 10.2 Å². The van der Waals surface area contributed by atoms with Gasteiger partial charge in [0.2, 0.25) is 0 Å². The number of aryl methyl sites for hydroxylation is 1. The average molecular weight is 324 g/mol. The van der Waals surface area contributed by atoms with E-state index in [-0.39, 0.29) is 0 Å². The lowest BCUT2D eigenvalue weighted by Gasteiger charge is -2.37. The first-order chi connectivity index (χ1) is 9.24. The van der Waals surface area contributed by atoms with Gasteiger partial charge in [-0.3, -0.25) is 4.90 Å². The number of nitrogens with zero attached hydrogens (tertiary/aromatic N) is 2. The largest absolute Gasteiger partial charge is 0.370 e. The Morgan fingerprint density at radius 2 is 2.00 bits per heavy atom.